The summed E-state index contributed by atoms with van der Waals surface area (Å²) in [7, 11) is 5.80. The zero-order chi connectivity index (χ0) is 48.2. The van der Waals surface area contributed by atoms with Crippen LogP contribution in [0.2, 0.25) is 0 Å². The molecule has 4 N–H and O–H groups in total. The first-order chi connectivity index (χ1) is 31.8. The number of hydrogen-bond donors (Lipinski definition) is 4. The van der Waals surface area contributed by atoms with Gasteiger partial charge < -0.3 is 40.7 Å². The Kier molecular flexibility index (Phi) is 15.5. The highest BCUT2D eigenvalue weighted by molar-refractivity contribution is 7.13. The molecule has 5 heterocycles. The summed E-state index contributed by atoms with van der Waals surface area (Å²) >= 11 is 1.58. The van der Waals surface area contributed by atoms with Crippen molar-refractivity contribution < 1.29 is 24.3 Å². The van der Waals surface area contributed by atoms with Crippen LogP contribution in [0.25, 0.3) is 10.4 Å². The molecule has 1 aliphatic carbocycles. The summed E-state index contributed by atoms with van der Waals surface area (Å²) in [4.78, 5) is 81.7. The Bertz CT molecular complexity index is 2380. The molecule has 0 bridgehead atoms. The quantitative estimate of drug-likeness (QED) is 0.111. The Labute approximate surface area is 398 Å². The maximum Gasteiger partial charge on any atom is 0.246 e. The van der Waals surface area contributed by atoms with Crippen LogP contribution < -0.4 is 30.7 Å². The van der Waals surface area contributed by atoms with Gasteiger partial charge >= 0.3 is 0 Å². The molecule has 3 aliphatic rings. The molecular weight excluding hydrogens is 871 g/mol. The van der Waals surface area contributed by atoms with Gasteiger partial charge in [0, 0.05) is 97.0 Å². The number of likely N-dealkylation sites (tertiary alicyclic amines) is 1. The van der Waals surface area contributed by atoms with Gasteiger partial charge in [-0.15, -0.1) is 11.3 Å². The van der Waals surface area contributed by atoms with Crippen LogP contribution >= 0.6 is 11.3 Å². The molecule has 19 heteroatoms. The van der Waals surface area contributed by atoms with E-state index in [1.54, 1.807) is 11.3 Å². The van der Waals surface area contributed by atoms with Crippen LogP contribution in [0, 0.1) is 32.1 Å². The Morgan fingerprint density at radius 3 is 2.21 bits per heavy atom. The Hall–Kier alpha value is -5.69. The maximum atomic E-state index is 14.2. The number of carbonyl (C=O) groups is 4. The first-order valence-electron chi connectivity index (χ1n) is 23.6. The number of piperidine rings is 1. The highest BCUT2D eigenvalue weighted by Crippen LogP contribution is 2.31. The molecule has 3 atom stereocenters. The lowest BCUT2D eigenvalue weighted by Crippen LogP contribution is -2.57. The van der Waals surface area contributed by atoms with Crippen LogP contribution in [0.5, 0.6) is 0 Å². The molecule has 3 aromatic heterocycles. The molecular formula is C48H69N13O5S. The van der Waals surface area contributed by atoms with E-state index in [0.717, 1.165) is 64.3 Å². The van der Waals surface area contributed by atoms with E-state index in [1.807, 2.05) is 100 Å². The average Bonchev–Trinajstić information content (AvgIpc) is 3.78. The van der Waals surface area contributed by atoms with E-state index in [-0.39, 0.29) is 55.5 Å². The minimum Gasteiger partial charge on any atom is -0.391 e. The van der Waals surface area contributed by atoms with Gasteiger partial charge in [0.25, 0.3) is 0 Å². The number of rotatable bonds is 18. The number of hydrogen-bond acceptors (Lipinski definition) is 14. The summed E-state index contributed by atoms with van der Waals surface area (Å²) in [5.41, 5.74) is 7.24. The standard InChI is InChI=1S/C48H69N13O5S/c1-29-37(31(3)59(9)56-29)27-58(8)46-53-45(57(7)21-20-40(64)51-35-15-16-35)54-47(55-46)60-22-18-32(19-23-60)12-17-39(63)52-42(48(4,5)6)44(66)61-26-36(62)24-38(61)43(65)49-25-33-10-13-34(14-11-33)41-30(2)50-28-67-41/h10-11,13-14,28,32,35-36,38,42,62H,12,15-27H2,1-9H3,(H,49,65)(H,51,64)(H,52,63)/t36-,38-,42+/m0/s1. The third-order valence-electron chi connectivity index (χ3n) is 13.3. The number of aryl methyl sites for hydroxylation is 3. The number of thiazole rings is 1. The molecule has 1 aromatic carbocycles. The van der Waals surface area contributed by atoms with Gasteiger partial charge in [0.05, 0.1) is 27.9 Å². The van der Waals surface area contributed by atoms with Gasteiger partial charge in [-0.1, -0.05) is 45.0 Å². The third kappa shape index (κ3) is 12.5. The zero-order valence-corrected chi connectivity index (χ0v) is 41.5. The zero-order valence-electron chi connectivity index (χ0n) is 40.6. The van der Waals surface area contributed by atoms with Crippen molar-refractivity contribution in [3.05, 3.63) is 58.0 Å². The summed E-state index contributed by atoms with van der Waals surface area (Å²) in [6.45, 7) is 14.4. The molecule has 4 aromatic rings. The molecule has 2 aliphatic heterocycles. The summed E-state index contributed by atoms with van der Waals surface area (Å²) in [6, 6.07) is 6.48. The minimum atomic E-state index is -0.896. The molecule has 0 spiro atoms. The second-order valence-corrected chi connectivity index (χ2v) is 20.6. The lowest BCUT2D eigenvalue weighted by atomic mass is 9.85. The molecule has 2 saturated heterocycles. The van der Waals surface area contributed by atoms with Gasteiger partial charge in [-0.05, 0) is 75.3 Å². The van der Waals surface area contributed by atoms with E-state index in [0.29, 0.717) is 62.9 Å². The molecule has 3 fully saturated rings. The van der Waals surface area contributed by atoms with Gasteiger partial charge in [-0.2, -0.15) is 20.1 Å². The lowest BCUT2D eigenvalue weighted by molar-refractivity contribution is -0.144. The van der Waals surface area contributed by atoms with E-state index in [9.17, 15) is 24.3 Å². The number of carbonyl (C=O) groups excluding carboxylic acids is 4. The number of nitrogens with one attached hydrogen (secondary N) is 3. The van der Waals surface area contributed by atoms with Crippen molar-refractivity contribution in [1.82, 2.24) is 50.6 Å². The maximum absolute atomic E-state index is 14.2. The van der Waals surface area contributed by atoms with Crippen LogP contribution in [0.1, 0.15) is 100 Å². The number of benzene rings is 1. The molecule has 0 radical (unpaired) electrons. The Balaban J connectivity index is 0.937. The second-order valence-electron chi connectivity index (χ2n) is 19.8. The Morgan fingerprint density at radius 2 is 1.60 bits per heavy atom. The normalized spacial score (nSPS) is 18.2. The van der Waals surface area contributed by atoms with Crippen molar-refractivity contribution in [1.29, 1.82) is 0 Å². The van der Waals surface area contributed by atoms with Crippen molar-refractivity contribution in [3.63, 3.8) is 0 Å². The Morgan fingerprint density at radius 1 is 0.910 bits per heavy atom. The topological polar surface area (TPSA) is 207 Å². The van der Waals surface area contributed by atoms with Crippen molar-refractivity contribution in [3.8, 4) is 10.4 Å². The predicted molar refractivity (Wildman–Crippen MR) is 259 cm³/mol. The number of aliphatic hydroxyl groups is 1. The van der Waals surface area contributed by atoms with Gasteiger partial charge in [-0.3, -0.25) is 23.9 Å². The average molecular weight is 940 g/mol. The molecule has 1 saturated carbocycles. The number of nitrogens with zero attached hydrogens (tertiary/aromatic N) is 10. The first kappa shape index (κ1) is 49.2. The first-order valence-corrected chi connectivity index (χ1v) is 24.5. The van der Waals surface area contributed by atoms with Crippen molar-refractivity contribution in [2.75, 3.05) is 55.0 Å². The summed E-state index contributed by atoms with van der Waals surface area (Å²) < 4.78 is 1.88. The minimum absolute atomic E-state index is 0.0129. The number of β-amino-alcohol motifs (C(OH)–C–C–N with tert-alkyl or cyclic N) is 1. The smallest absolute Gasteiger partial charge is 0.246 e. The molecule has 7 rings (SSSR count). The van der Waals surface area contributed by atoms with Crippen molar-refractivity contribution in [2.24, 2.45) is 18.4 Å². The van der Waals surface area contributed by atoms with Gasteiger partial charge in [-0.25, -0.2) is 4.98 Å². The molecule has 362 valence electrons. The second kappa shape index (κ2) is 21.1. The van der Waals surface area contributed by atoms with Gasteiger partial charge in [0.15, 0.2) is 0 Å². The molecule has 18 nitrogen and oxygen atoms in total. The van der Waals surface area contributed by atoms with Crippen molar-refractivity contribution >= 4 is 52.8 Å². The van der Waals surface area contributed by atoms with Crippen molar-refractivity contribution in [2.45, 2.75) is 130 Å². The van der Waals surface area contributed by atoms with E-state index < -0.39 is 23.6 Å². The number of aliphatic hydroxyl groups excluding tert-OH is 1. The largest absolute Gasteiger partial charge is 0.391 e. The van der Waals surface area contributed by atoms with Crippen LogP contribution in [0.3, 0.4) is 0 Å². The molecule has 67 heavy (non-hydrogen) atoms. The van der Waals surface area contributed by atoms with Crippen LogP contribution in [-0.2, 0) is 39.3 Å². The van der Waals surface area contributed by atoms with E-state index in [4.69, 9.17) is 15.0 Å². The van der Waals surface area contributed by atoms with E-state index in [1.165, 1.54) is 4.90 Å². The number of amides is 4. The van der Waals surface area contributed by atoms with Crippen LogP contribution in [0.15, 0.2) is 29.8 Å². The van der Waals surface area contributed by atoms with Gasteiger partial charge in [0.1, 0.15) is 12.1 Å². The van der Waals surface area contributed by atoms with E-state index >= 15 is 0 Å². The fourth-order valence-corrected chi connectivity index (χ4v) is 9.66. The predicted octanol–water partition coefficient (Wildman–Crippen LogP) is 4.20. The molecule has 0 unspecified atom stereocenters. The van der Waals surface area contributed by atoms with Crippen LogP contribution in [-0.4, -0.2) is 128 Å². The highest BCUT2D eigenvalue weighted by Gasteiger charge is 2.44. The lowest BCUT2D eigenvalue weighted by Gasteiger charge is -2.35. The van der Waals surface area contributed by atoms with E-state index in [2.05, 4.69) is 37.9 Å². The number of aromatic nitrogens is 6. The fraction of sp³-hybridized carbons (Fsp3) is 0.604. The van der Waals surface area contributed by atoms with Gasteiger partial charge in [0.2, 0.25) is 41.5 Å². The summed E-state index contributed by atoms with van der Waals surface area (Å²) in [6.07, 6.45) is 4.21. The van der Waals surface area contributed by atoms with Crippen LogP contribution in [0.4, 0.5) is 17.8 Å². The SMILES string of the molecule is Cc1ncsc1-c1ccc(CNC(=O)[C@@H]2C[C@H](O)CN2C(=O)[C@@H](NC(=O)CCC2CCN(c3nc(N(C)CCC(=O)NC4CC4)nc(N(C)Cc4c(C)nn(C)c4C)n3)CC2)C(C)(C)C)cc1. The summed E-state index contributed by atoms with van der Waals surface area (Å²) in [5.74, 6) is 0.935. The monoisotopic (exact) mass is 940 g/mol. The highest BCUT2D eigenvalue weighted by atomic mass is 32.1. The third-order valence-corrected chi connectivity index (χ3v) is 14.3. The number of anilines is 3. The fourth-order valence-electron chi connectivity index (χ4n) is 8.85. The summed E-state index contributed by atoms with van der Waals surface area (Å²) in [5, 5.41) is 24.3. The molecule has 4 amide bonds.